The number of piperidine rings is 1. The van der Waals surface area contributed by atoms with Crippen LogP contribution in [0.1, 0.15) is 12.8 Å². The van der Waals surface area contributed by atoms with Crippen LogP contribution in [0.3, 0.4) is 0 Å². The lowest BCUT2D eigenvalue weighted by Crippen LogP contribution is -2.32. The van der Waals surface area contributed by atoms with E-state index in [1.54, 1.807) is 0 Å². The van der Waals surface area contributed by atoms with Crippen molar-refractivity contribution < 1.29 is 0 Å². The van der Waals surface area contributed by atoms with Crippen LogP contribution < -0.4 is 5.32 Å². The highest BCUT2D eigenvalue weighted by molar-refractivity contribution is 8.32. The molecule has 2 heteroatoms. The van der Waals surface area contributed by atoms with E-state index in [1.807, 2.05) is 0 Å². The third-order valence-electron chi connectivity index (χ3n) is 2.13. The molecular weight excluding hydrogens is 154 g/mol. The van der Waals surface area contributed by atoms with Gasteiger partial charge < -0.3 is 5.32 Å². The van der Waals surface area contributed by atoms with Crippen molar-refractivity contribution in [2.75, 3.05) is 37.6 Å². The van der Waals surface area contributed by atoms with E-state index in [0.717, 1.165) is 5.92 Å². The molecule has 0 aromatic heterocycles. The van der Waals surface area contributed by atoms with Crippen molar-refractivity contribution >= 4 is 10.0 Å². The second kappa shape index (κ2) is 3.81. The van der Waals surface area contributed by atoms with Gasteiger partial charge in [0.2, 0.25) is 0 Å². The Hall–Kier alpha value is 0.310. The normalized spacial score (nSPS) is 28.5. The van der Waals surface area contributed by atoms with Crippen molar-refractivity contribution in [3.8, 4) is 0 Å². The predicted octanol–water partition coefficient (Wildman–Crippen LogP) is 1.68. The molecule has 1 fully saturated rings. The van der Waals surface area contributed by atoms with Gasteiger partial charge in [-0.15, -0.1) is 0 Å². The summed E-state index contributed by atoms with van der Waals surface area (Å²) in [5, 5.41) is 3.47. The zero-order valence-corrected chi connectivity index (χ0v) is 8.84. The Morgan fingerprint density at radius 2 is 2.09 bits per heavy atom. The van der Waals surface area contributed by atoms with Crippen molar-refractivity contribution in [1.29, 1.82) is 0 Å². The third kappa shape index (κ3) is 4.02. The summed E-state index contributed by atoms with van der Waals surface area (Å²) in [7, 11) is -0.264. The molecule has 1 rings (SSSR count). The molecule has 0 amide bonds. The van der Waals surface area contributed by atoms with Gasteiger partial charge in [-0.3, -0.25) is 0 Å². The van der Waals surface area contributed by atoms with Crippen molar-refractivity contribution in [1.82, 2.24) is 5.32 Å². The Balaban J connectivity index is 2.24. The van der Waals surface area contributed by atoms with Gasteiger partial charge in [-0.2, -0.15) is 0 Å². The second-order valence-electron chi connectivity index (χ2n) is 4.47. The van der Waals surface area contributed by atoms with Crippen molar-refractivity contribution in [2.24, 2.45) is 5.92 Å². The van der Waals surface area contributed by atoms with Gasteiger partial charge >= 0.3 is 0 Å². The maximum atomic E-state index is 3.47. The zero-order valence-electron chi connectivity index (χ0n) is 8.02. The van der Waals surface area contributed by atoms with E-state index in [0.29, 0.717) is 0 Å². The molecule has 1 atom stereocenters. The lowest BCUT2D eigenvalue weighted by atomic mass is 10.0. The molecule has 1 nitrogen and oxygen atoms in total. The minimum atomic E-state index is -0.264. The molecule has 11 heavy (non-hydrogen) atoms. The van der Waals surface area contributed by atoms with Crippen LogP contribution in [0.5, 0.6) is 0 Å². The standard InChI is InChI=1S/C9H21NS/c1-11(2,3)8-9-5-4-6-10-7-9/h9-10H,4-8H2,1-3H3. The van der Waals surface area contributed by atoms with Crippen LogP contribution in [0.25, 0.3) is 0 Å². The first-order chi connectivity index (χ1) is 5.08. The van der Waals surface area contributed by atoms with E-state index < -0.39 is 0 Å². The molecule has 1 aliphatic heterocycles. The fourth-order valence-electron chi connectivity index (χ4n) is 1.77. The summed E-state index contributed by atoms with van der Waals surface area (Å²) in [4.78, 5) is 0. The summed E-state index contributed by atoms with van der Waals surface area (Å²) < 4.78 is 0. The Labute approximate surface area is 72.3 Å². The zero-order chi connectivity index (χ0) is 8.32. The number of hydrogen-bond donors (Lipinski definition) is 1. The molecule has 68 valence electrons. The fourth-order valence-corrected chi connectivity index (χ4v) is 3.47. The molecule has 1 unspecified atom stereocenters. The average Bonchev–Trinajstić information content (AvgIpc) is 1.85. The summed E-state index contributed by atoms with van der Waals surface area (Å²) >= 11 is 0. The molecule has 0 aromatic rings. The SMILES string of the molecule is CS(C)(C)CC1CCCNC1. The summed E-state index contributed by atoms with van der Waals surface area (Å²) in [5.41, 5.74) is 0. The molecule has 0 bridgehead atoms. The maximum absolute atomic E-state index is 3.47. The van der Waals surface area contributed by atoms with Gasteiger partial charge in [-0.25, -0.2) is 10.0 Å². The van der Waals surface area contributed by atoms with Gasteiger partial charge in [0, 0.05) is 0 Å². The average molecular weight is 175 g/mol. The minimum Gasteiger partial charge on any atom is -0.316 e. The first kappa shape index (κ1) is 9.40. The topological polar surface area (TPSA) is 12.0 Å². The van der Waals surface area contributed by atoms with Crippen LogP contribution in [0.15, 0.2) is 0 Å². The quantitative estimate of drug-likeness (QED) is 0.673. The van der Waals surface area contributed by atoms with Gasteiger partial charge in [-0.05, 0) is 56.4 Å². The van der Waals surface area contributed by atoms with E-state index in [-0.39, 0.29) is 10.0 Å². The van der Waals surface area contributed by atoms with Gasteiger partial charge in [-0.1, -0.05) is 0 Å². The van der Waals surface area contributed by atoms with Gasteiger partial charge in [0.05, 0.1) is 0 Å². The van der Waals surface area contributed by atoms with E-state index in [1.165, 1.54) is 31.7 Å². The highest BCUT2D eigenvalue weighted by atomic mass is 32.3. The first-order valence-electron chi connectivity index (χ1n) is 4.45. The Bertz CT molecular complexity index is 111. The Morgan fingerprint density at radius 1 is 1.36 bits per heavy atom. The predicted molar refractivity (Wildman–Crippen MR) is 55.8 cm³/mol. The molecule has 0 aliphatic carbocycles. The van der Waals surface area contributed by atoms with Crippen LogP contribution in [0.2, 0.25) is 0 Å². The number of hydrogen-bond acceptors (Lipinski definition) is 1. The van der Waals surface area contributed by atoms with Crippen molar-refractivity contribution in [3.63, 3.8) is 0 Å². The highest BCUT2D eigenvalue weighted by Crippen LogP contribution is 2.38. The Morgan fingerprint density at radius 3 is 2.55 bits per heavy atom. The Kier molecular flexibility index (Phi) is 3.26. The molecule has 0 saturated carbocycles. The summed E-state index contributed by atoms with van der Waals surface area (Å²) in [5.74, 6) is 2.43. The van der Waals surface area contributed by atoms with Crippen LogP contribution in [-0.2, 0) is 0 Å². The largest absolute Gasteiger partial charge is 0.316 e. The molecule has 1 saturated heterocycles. The molecule has 0 radical (unpaired) electrons. The lowest BCUT2D eigenvalue weighted by molar-refractivity contribution is 0.409. The van der Waals surface area contributed by atoms with E-state index in [9.17, 15) is 0 Å². The van der Waals surface area contributed by atoms with Crippen LogP contribution in [-0.4, -0.2) is 37.6 Å². The van der Waals surface area contributed by atoms with Crippen LogP contribution in [0.4, 0.5) is 0 Å². The fraction of sp³-hybridized carbons (Fsp3) is 1.00. The maximum Gasteiger partial charge on any atom is -0.00132 e. The van der Waals surface area contributed by atoms with Crippen LogP contribution >= 0.6 is 10.0 Å². The van der Waals surface area contributed by atoms with E-state index in [4.69, 9.17) is 0 Å². The summed E-state index contributed by atoms with van der Waals surface area (Å²) in [6.07, 6.45) is 10.1. The lowest BCUT2D eigenvalue weighted by Gasteiger charge is -2.33. The van der Waals surface area contributed by atoms with Gasteiger partial charge in [0.1, 0.15) is 0 Å². The highest BCUT2D eigenvalue weighted by Gasteiger charge is 2.17. The molecule has 1 aliphatic rings. The number of rotatable bonds is 2. The third-order valence-corrected chi connectivity index (χ3v) is 3.61. The molecule has 1 heterocycles. The first-order valence-corrected chi connectivity index (χ1v) is 7.47. The van der Waals surface area contributed by atoms with Crippen molar-refractivity contribution in [2.45, 2.75) is 12.8 Å². The smallest absolute Gasteiger partial charge is 0.00132 e. The summed E-state index contributed by atoms with van der Waals surface area (Å²) in [6.45, 7) is 2.51. The molecular formula is C9H21NS. The monoisotopic (exact) mass is 175 g/mol. The second-order valence-corrected chi connectivity index (χ2v) is 8.98. The van der Waals surface area contributed by atoms with E-state index >= 15 is 0 Å². The minimum absolute atomic E-state index is 0.264. The van der Waals surface area contributed by atoms with Crippen LogP contribution in [0, 0.1) is 5.92 Å². The van der Waals surface area contributed by atoms with E-state index in [2.05, 4.69) is 24.1 Å². The summed E-state index contributed by atoms with van der Waals surface area (Å²) in [6, 6.07) is 0. The molecule has 1 N–H and O–H groups in total. The van der Waals surface area contributed by atoms with Gasteiger partial charge in [0.15, 0.2) is 0 Å². The van der Waals surface area contributed by atoms with Gasteiger partial charge in [0.25, 0.3) is 0 Å². The molecule has 0 spiro atoms. The van der Waals surface area contributed by atoms with Crippen molar-refractivity contribution in [3.05, 3.63) is 0 Å². The molecule has 0 aromatic carbocycles. The number of nitrogens with one attached hydrogen (secondary N) is 1.